The SMILES string of the molecule is CC.O=C1CC2CCC12. The number of hydrogen-bond acceptors (Lipinski definition) is 1. The highest BCUT2D eigenvalue weighted by Gasteiger charge is 2.45. The fourth-order valence-corrected chi connectivity index (χ4v) is 1.49. The van der Waals surface area contributed by atoms with Crippen molar-refractivity contribution in [3.8, 4) is 0 Å². The van der Waals surface area contributed by atoms with E-state index in [0.29, 0.717) is 11.7 Å². The summed E-state index contributed by atoms with van der Waals surface area (Å²) < 4.78 is 0. The lowest BCUT2D eigenvalue weighted by Crippen LogP contribution is -2.44. The number of hydrogen-bond donors (Lipinski definition) is 0. The van der Waals surface area contributed by atoms with E-state index < -0.39 is 0 Å². The predicted molar refractivity (Wildman–Crippen MR) is 37.2 cm³/mol. The fraction of sp³-hybridized carbons (Fsp3) is 0.875. The maximum atomic E-state index is 10.5. The van der Waals surface area contributed by atoms with Gasteiger partial charge in [-0.1, -0.05) is 13.8 Å². The number of ketones is 1. The Morgan fingerprint density at radius 2 is 2.00 bits per heavy atom. The minimum Gasteiger partial charge on any atom is -0.299 e. The van der Waals surface area contributed by atoms with Crippen molar-refractivity contribution >= 4 is 5.78 Å². The molecule has 2 unspecified atom stereocenters. The molecule has 0 aliphatic heterocycles. The van der Waals surface area contributed by atoms with Crippen LogP contribution in [0.4, 0.5) is 0 Å². The molecule has 0 aromatic rings. The molecule has 0 saturated heterocycles. The van der Waals surface area contributed by atoms with Gasteiger partial charge in [0.1, 0.15) is 5.78 Å². The van der Waals surface area contributed by atoms with Crippen molar-refractivity contribution in [2.45, 2.75) is 33.1 Å². The van der Waals surface area contributed by atoms with Gasteiger partial charge in [0, 0.05) is 12.3 Å². The van der Waals surface area contributed by atoms with Crippen LogP contribution in [-0.2, 0) is 4.79 Å². The number of carbonyl (C=O) groups excluding carboxylic acids is 1. The Kier molecular flexibility index (Phi) is 1.89. The van der Waals surface area contributed by atoms with E-state index in [1.54, 1.807) is 0 Å². The Bertz CT molecular complexity index is 118. The van der Waals surface area contributed by atoms with E-state index in [-0.39, 0.29) is 0 Å². The van der Waals surface area contributed by atoms with Crippen LogP contribution in [-0.4, -0.2) is 5.78 Å². The zero-order valence-electron chi connectivity index (χ0n) is 6.18. The minimum atomic E-state index is 0.524. The first-order valence-electron chi connectivity index (χ1n) is 3.90. The molecule has 1 nitrogen and oxygen atoms in total. The zero-order chi connectivity index (χ0) is 6.85. The molecule has 2 atom stereocenters. The minimum absolute atomic E-state index is 0.524. The summed E-state index contributed by atoms with van der Waals surface area (Å²) in [5.74, 6) is 1.91. The Labute approximate surface area is 56.4 Å². The standard InChI is InChI=1S/C6H8O.C2H6/c7-6-3-4-1-2-5(4)6;1-2/h4-5H,1-3H2;1-2H3. The van der Waals surface area contributed by atoms with Crippen LogP contribution in [0, 0.1) is 11.8 Å². The van der Waals surface area contributed by atoms with Gasteiger partial charge in [-0.3, -0.25) is 4.79 Å². The Balaban J connectivity index is 0.000000186. The average molecular weight is 126 g/mol. The molecule has 0 aromatic carbocycles. The van der Waals surface area contributed by atoms with Gasteiger partial charge in [0.15, 0.2) is 0 Å². The molecule has 2 aliphatic carbocycles. The second kappa shape index (κ2) is 2.51. The molecule has 2 rings (SSSR count). The number of carbonyl (C=O) groups is 1. The van der Waals surface area contributed by atoms with E-state index in [2.05, 4.69) is 0 Å². The first-order chi connectivity index (χ1) is 4.38. The number of rotatable bonds is 0. The quantitative estimate of drug-likeness (QED) is 0.485. The molecule has 2 saturated carbocycles. The zero-order valence-corrected chi connectivity index (χ0v) is 6.18. The van der Waals surface area contributed by atoms with Crippen LogP contribution in [0.2, 0.25) is 0 Å². The van der Waals surface area contributed by atoms with E-state index >= 15 is 0 Å². The summed E-state index contributed by atoms with van der Waals surface area (Å²) in [5, 5.41) is 0. The lowest BCUT2D eigenvalue weighted by atomic mass is 9.59. The van der Waals surface area contributed by atoms with Crippen molar-refractivity contribution in [2.24, 2.45) is 11.8 Å². The Hall–Kier alpha value is -0.330. The van der Waals surface area contributed by atoms with Crippen molar-refractivity contribution < 1.29 is 4.79 Å². The maximum Gasteiger partial charge on any atom is 0.136 e. The summed E-state index contributed by atoms with van der Waals surface area (Å²) in [6.45, 7) is 4.00. The maximum absolute atomic E-state index is 10.5. The summed E-state index contributed by atoms with van der Waals surface area (Å²) in [6, 6.07) is 0. The third-order valence-corrected chi connectivity index (χ3v) is 2.29. The van der Waals surface area contributed by atoms with Crippen LogP contribution >= 0.6 is 0 Å². The van der Waals surface area contributed by atoms with Gasteiger partial charge >= 0.3 is 0 Å². The molecule has 0 aromatic heterocycles. The van der Waals surface area contributed by atoms with E-state index in [1.807, 2.05) is 13.8 Å². The van der Waals surface area contributed by atoms with E-state index in [0.717, 1.165) is 12.3 Å². The van der Waals surface area contributed by atoms with E-state index in [4.69, 9.17) is 0 Å². The van der Waals surface area contributed by atoms with Gasteiger partial charge in [-0.25, -0.2) is 0 Å². The highest BCUT2D eigenvalue weighted by Crippen LogP contribution is 2.46. The van der Waals surface area contributed by atoms with Crippen molar-refractivity contribution in [1.82, 2.24) is 0 Å². The normalized spacial score (nSPS) is 36.9. The topological polar surface area (TPSA) is 17.1 Å². The van der Waals surface area contributed by atoms with Gasteiger partial charge in [0.2, 0.25) is 0 Å². The van der Waals surface area contributed by atoms with Crippen molar-refractivity contribution in [2.75, 3.05) is 0 Å². The summed E-state index contributed by atoms with van der Waals surface area (Å²) in [7, 11) is 0. The smallest absolute Gasteiger partial charge is 0.136 e. The molecule has 0 heterocycles. The summed E-state index contributed by atoms with van der Waals surface area (Å²) >= 11 is 0. The summed E-state index contributed by atoms with van der Waals surface area (Å²) in [5.41, 5.74) is 0. The van der Waals surface area contributed by atoms with Gasteiger partial charge < -0.3 is 0 Å². The van der Waals surface area contributed by atoms with Gasteiger partial charge in [0.25, 0.3) is 0 Å². The highest BCUT2D eigenvalue weighted by atomic mass is 16.1. The number of Topliss-reactive ketones (excluding diaryl/α,β-unsaturated/α-hetero) is 1. The molecule has 9 heavy (non-hydrogen) atoms. The molecular weight excluding hydrogens is 112 g/mol. The van der Waals surface area contributed by atoms with Crippen LogP contribution in [0.5, 0.6) is 0 Å². The second-order valence-corrected chi connectivity index (χ2v) is 2.61. The average Bonchev–Trinajstić information content (AvgIpc) is 1.87. The lowest BCUT2D eigenvalue weighted by Gasteiger charge is -2.44. The Morgan fingerprint density at radius 3 is 2.00 bits per heavy atom. The third-order valence-electron chi connectivity index (χ3n) is 2.29. The van der Waals surface area contributed by atoms with Gasteiger partial charge in [-0.2, -0.15) is 0 Å². The molecule has 0 spiro atoms. The lowest BCUT2D eigenvalue weighted by molar-refractivity contribution is -0.141. The van der Waals surface area contributed by atoms with Crippen LogP contribution in [0.3, 0.4) is 0 Å². The molecule has 0 bridgehead atoms. The monoisotopic (exact) mass is 126 g/mol. The van der Waals surface area contributed by atoms with Crippen LogP contribution < -0.4 is 0 Å². The van der Waals surface area contributed by atoms with Gasteiger partial charge in [0.05, 0.1) is 0 Å². The fourth-order valence-electron chi connectivity index (χ4n) is 1.49. The molecule has 52 valence electrons. The largest absolute Gasteiger partial charge is 0.299 e. The molecular formula is C8H14O. The highest BCUT2D eigenvalue weighted by molar-refractivity contribution is 5.88. The van der Waals surface area contributed by atoms with Gasteiger partial charge in [-0.05, 0) is 18.8 Å². The molecule has 0 N–H and O–H groups in total. The van der Waals surface area contributed by atoms with Crippen molar-refractivity contribution in [1.29, 1.82) is 0 Å². The second-order valence-electron chi connectivity index (χ2n) is 2.61. The molecule has 0 amide bonds. The number of fused-ring (bicyclic) bond motifs is 1. The first kappa shape index (κ1) is 6.79. The first-order valence-corrected chi connectivity index (χ1v) is 3.90. The van der Waals surface area contributed by atoms with E-state index in [1.165, 1.54) is 12.8 Å². The predicted octanol–water partition coefficient (Wildman–Crippen LogP) is 2.01. The van der Waals surface area contributed by atoms with E-state index in [9.17, 15) is 4.79 Å². The van der Waals surface area contributed by atoms with Crippen LogP contribution in [0.15, 0.2) is 0 Å². The molecule has 1 heteroatoms. The van der Waals surface area contributed by atoms with Crippen molar-refractivity contribution in [3.05, 3.63) is 0 Å². The van der Waals surface area contributed by atoms with Crippen LogP contribution in [0.25, 0.3) is 0 Å². The van der Waals surface area contributed by atoms with Gasteiger partial charge in [-0.15, -0.1) is 0 Å². The molecule has 0 radical (unpaired) electrons. The van der Waals surface area contributed by atoms with Crippen molar-refractivity contribution in [3.63, 3.8) is 0 Å². The van der Waals surface area contributed by atoms with Crippen LogP contribution in [0.1, 0.15) is 33.1 Å². The molecule has 2 fully saturated rings. The summed E-state index contributed by atoms with van der Waals surface area (Å²) in [6.07, 6.45) is 3.44. The third kappa shape index (κ3) is 0.887. The Morgan fingerprint density at radius 1 is 1.33 bits per heavy atom. The molecule has 2 aliphatic rings. The summed E-state index contributed by atoms with van der Waals surface area (Å²) in [4.78, 5) is 10.5.